The third-order valence-electron chi connectivity index (χ3n) is 4.14. The summed E-state index contributed by atoms with van der Waals surface area (Å²) in [6.45, 7) is 3.29. The number of benzene rings is 2. The number of nitrogens with zero attached hydrogens (tertiary/aromatic N) is 2. The number of hydrogen-bond acceptors (Lipinski definition) is 6. The van der Waals surface area contributed by atoms with Gasteiger partial charge in [-0.2, -0.15) is 0 Å². The Morgan fingerprint density at radius 3 is 2.56 bits per heavy atom. The molecule has 0 radical (unpaired) electrons. The highest BCUT2D eigenvalue weighted by atomic mass is 32.2. The molecule has 0 aliphatic rings. The van der Waals surface area contributed by atoms with Crippen molar-refractivity contribution in [3.05, 3.63) is 59.2 Å². The minimum absolute atomic E-state index is 0.0183. The quantitative estimate of drug-likeness (QED) is 0.694. The Morgan fingerprint density at radius 1 is 1.15 bits per heavy atom. The Morgan fingerprint density at radius 2 is 1.93 bits per heavy atom. The van der Waals surface area contributed by atoms with E-state index < -0.39 is 10.0 Å². The van der Waals surface area contributed by atoms with Crippen LogP contribution in [-0.2, 0) is 16.6 Å². The molecule has 9 heteroatoms. The molecule has 1 N–H and O–H groups in total. The summed E-state index contributed by atoms with van der Waals surface area (Å²) in [5.74, 6) is -0.0232. The van der Waals surface area contributed by atoms with Gasteiger partial charge in [-0.1, -0.05) is 22.4 Å². The van der Waals surface area contributed by atoms with E-state index in [4.69, 9.17) is 4.74 Å². The molecule has 0 amide bonds. The molecular formula is C18H18FN3O4S. The molecule has 1 aromatic heterocycles. The Labute approximate surface area is 156 Å². The van der Waals surface area contributed by atoms with Crippen molar-refractivity contribution in [3.8, 4) is 16.9 Å². The summed E-state index contributed by atoms with van der Waals surface area (Å²) in [5.41, 5.74) is 2.62. The number of halogens is 1. The lowest BCUT2D eigenvalue weighted by atomic mass is 10.0. The first kappa shape index (κ1) is 19.0. The highest BCUT2D eigenvalue weighted by molar-refractivity contribution is 7.89. The summed E-state index contributed by atoms with van der Waals surface area (Å²) in [6, 6.07) is 9.21. The van der Waals surface area contributed by atoms with Gasteiger partial charge in [0.2, 0.25) is 10.0 Å². The molecule has 0 unspecified atom stereocenters. The van der Waals surface area contributed by atoms with E-state index in [1.807, 2.05) is 0 Å². The maximum atomic E-state index is 13.9. The highest BCUT2D eigenvalue weighted by Gasteiger charge is 2.19. The van der Waals surface area contributed by atoms with Crippen LogP contribution in [0.5, 0.6) is 5.75 Å². The lowest BCUT2D eigenvalue weighted by molar-refractivity contribution is 0.301. The minimum Gasteiger partial charge on any atom is -0.496 e. The van der Waals surface area contributed by atoms with Crippen LogP contribution in [0.4, 0.5) is 4.39 Å². The van der Waals surface area contributed by atoms with E-state index in [0.29, 0.717) is 33.8 Å². The molecular weight excluding hydrogens is 373 g/mol. The van der Waals surface area contributed by atoms with Crippen LogP contribution in [0.1, 0.15) is 17.0 Å². The Kier molecular flexibility index (Phi) is 5.24. The lowest BCUT2D eigenvalue weighted by Gasteiger charge is -2.12. The van der Waals surface area contributed by atoms with Gasteiger partial charge in [-0.3, -0.25) is 0 Å². The van der Waals surface area contributed by atoms with Crippen molar-refractivity contribution in [1.82, 2.24) is 15.0 Å². The van der Waals surface area contributed by atoms with Crippen LogP contribution in [0.3, 0.4) is 0 Å². The second kappa shape index (κ2) is 7.45. The van der Waals surface area contributed by atoms with Gasteiger partial charge in [0, 0.05) is 11.6 Å². The predicted molar refractivity (Wildman–Crippen MR) is 96.2 cm³/mol. The number of methoxy groups -OCH3 is 1. The number of aromatic nitrogens is 2. The van der Waals surface area contributed by atoms with Crippen LogP contribution in [0.2, 0.25) is 0 Å². The Balaban J connectivity index is 1.90. The van der Waals surface area contributed by atoms with Gasteiger partial charge in [0.05, 0.1) is 18.6 Å². The third-order valence-corrected chi connectivity index (χ3v) is 5.54. The molecule has 7 nitrogen and oxygen atoms in total. The van der Waals surface area contributed by atoms with Gasteiger partial charge in [-0.15, -0.1) is 0 Å². The molecule has 3 rings (SSSR count). The molecule has 27 heavy (non-hydrogen) atoms. The molecule has 0 fully saturated rings. The fraction of sp³-hybridized carbons (Fsp3) is 0.222. The number of rotatable bonds is 6. The molecule has 3 aromatic rings. The topological polar surface area (TPSA) is 94.3 Å². The van der Waals surface area contributed by atoms with Gasteiger partial charge >= 0.3 is 0 Å². The van der Waals surface area contributed by atoms with Crippen molar-refractivity contribution < 1.29 is 22.2 Å². The maximum absolute atomic E-state index is 13.9. The smallest absolute Gasteiger partial charge is 0.241 e. The molecule has 0 atom stereocenters. The van der Waals surface area contributed by atoms with Crippen LogP contribution in [-0.4, -0.2) is 25.8 Å². The van der Waals surface area contributed by atoms with E-state index in [2.05, 4.69) is 19.7 Å². The molecule has 0 saturated heterocycles. The summed E-state index contributed by atoms with van der Waals surface area (Å²) < 4.78 is 51.3. The largest absolute Gasteiger partial charge is 0.496 e. The highest BCUT2D eigenvalue weighted by Crippen LogP contribution is 2.33. The van der Waals surface area contributed by atoms with Crippen molar-refractivity contribution in [2.24, 2.45) is 0 Å². The van der Waals surface area contributed by atoms with Crippen LogP contribution >= 0.6 is 0 Å². The van der Waals surface area contributed by atoms with Gasteiger partial charge in [-0.25, -0.2) is 22.2 Å². The van der Waals surface area contributed by atoms with Gasteiger partial charge < -0.3 is 4.74 Å². The molecule has 0 aliphatic carbocycles. The summed E-state index contributed by atoms with van der Waals surface area (Å²) in [4.78, 5) is 0.0183. The van der Waals surface area contributed by atoms with Crippen molar-refractivity contribution >= 4 is 10.0 Å². The van der Waals surface area contributed by atoms with E-state index in [-0.39, 0.29) is 17.3 Å². The zero-order chi connectivity index (χ0) is 19.6. The average molecular weight is 391 g/mol. The zero-order valence-corrected chi connectivity index (χ0v) is 15.8. The molecule has 2 aromatic carbocycles. The molecule has 0 aliphatic heterocycles. The van der Waals surface area contributed by atoms with Crippen LogP contribution in [0, 0.1) is 19.7 Å². The van der Waals surface area contributed by atoms with Crippen molar-refractivity contribution in [2.75, 3.05) is 7.11 Å². The molecule has 1 heterocycles. The summed E-state index contributed by atoms with van der Waals surface area (Å²) in [6.07, 6.45) is 0. The van der Waals surface area contributed by atoms with Crippen LogP contribution in [0.15, 0.2) is 45.9 Å². The van der Waals surface area contributed by atoms with Gasteiger partial charge in [0.1, 0.15) is 23.0 Å². The number of sulfonamides is 1. The summed E-state index contributed by atoms with van der Waals surface area (Å²) in [7, 11) is -2.38. The normalized spacial score (nSPS) is 11.6. The second-order valence-electron chi connectivity index (χ2n) is 5.95. The van der Waals surface area contributed by atoms with Gasteiger partial charge in [-0.05, 0) is 43.2 Å². The first-order chi connectivity index (χ1) is 12.8. The first-order valence-electron chi connectivity index (χ1n) is 8.04. The predicted octanol–water partition coefficient (Wildman–Crippen LogP) is 2.98. The summed E-state index contributed by atoms with van der Waals surface area (Å²) >= 11 is 0. The minimum atomic E-state index is -3.81. The fourth-order valence-corrected chi connectivity index (χ4v) is 3.50. The van der Waals surface area contributed by atoms with E-state index in [0.717, 1.165) is 0 Å². The van der Waals surface area contributed by atoms with Crippen molar-refractivity contribution in [3.63, 3.8) is 0 Å². The molecule has 142 valence electrons. The standard InChI is InChI=1S/C18H18FN3O4S/c1-11-4-5-13(8-16(11)19)15-7-6-14(9-18(15)25-3)27(23,24)20-10-17-12(2)21-26-22-17/h4-9,20H,10H2,1-3H3. The second-order valence-corrected chi connectivity index (χ2v) is 7.71. The average Bonchev–Trinajstić information content (AvgIpc) is 3.07. The van der Waals surface area contributed by atoms with E-state index in [9.17, 15) is 12.8 Å². The number of nitrogens with one attached hydrogen (secondary N) is 1. The number of hydrogen-bond donors (Lipinski definition) is 1. The van der Waals surface area contributed by atoms with E-state index in [1.165, 1.54) is 25.3 Å². The summed E-state index contributed by atoms with van der Waals surface area (Å²) in [5, 5.41) is 7.25. The zero-order valence-electron chi connectivity index (χ0n) is 15.0. The van der Waals surface area contributed by atoms with Gasteiger partial charge in [0.15, 0.2) is 0 Å². The Hall–Kier alpha value is -2.78. The number of ether oxygens (including phenoxy) is 1. The van der Waals surface area contributed by atoms with Crippen molar-refractivity contribution in [1.29, 1.82) is 0 Å². The fourth-order valence-electron chi connectivity index (χ4n) is 2.49. The molecule has 0 saturated carbocycles. The first-order valence-corrected chi connectivity index (χ1v) is 9.52. The molecule has 0 bridgehead atoms. The molecule has 0 spiro atoms. The Bertz CT molecular complexity index is 1080. The van der Waals surface area contributed by atoms with E-state index in [1.54, 1.807) is 32.0 Å². The van der Waals surface area contributed by atoms with Crippen LogP contribution in [0.25, 0.3) is 11.1 Å². The lowest BCUT2D eigenvalue weighted by Crippen LogP contribution is -2.23. The van der Waals surface area contributed by atoms with E-state index >= 15 is 0 Å². The van der Waals surface area contributed by atoms with Crippen molar-refractivity contribution in [2.45, 2.75) is 25.3 Å². The maximum Gasteiger partial charge on any atom is 0.241 e. The monoisotopic (exact) mass is 391 g/mol. The van der Waals surface area contributed by atoms with Gasteiger partial charge in [0.25, 0.3) is 0 Å². The van der Waals surface area contributed by atoms with Crippen LogP contribution < -0.4 is 9.46 Å². The SMILES string of the molecule is COc1cc(S(=O)(=O)NCc2nonc2C)ccc1-c1ccc(C)c(F)c1. The number of aryl methyl sites for hydroxylation is 2. The third kappa shape index (κ3) is 3.99.